The maximum absolute atomic E-state index is 13.5. The maximum atomic E-state index is 13.5. The number of aromatic amines is 1. The van der Waals surface area contributed by atoms with Crippen molar-refractivity contribution in [2.75, 3.05) is 5.32 Å². The highest BCUT2D eigenvalue weighted by Gasteiger charge is 2.20. The third kappa shape index (κ3) is 4.19. The van der Waals surface area contributed by atoms with Gasteiger partial charge in [0.25, 0.3) is 0 Å². The minimum Gasteiger partial charge on any atom is -0.323 e. The lowest BCUT2D eigenvalue weighted by atomic mass is 10.3. The number of hydrogen-bond donors (Lipinski definition) is 2. The number of H-pyrrole nitrogens is 1. The van der Waals surface area contributed by atoms with Gasteiger partial charge in [-0.05, 0) is 25.5 Å². The fraction of sp³-hybridized carbons (Fsp3) is 0.357. The zero-order valence-electron chi connectivity index (χ0n) is 12.6. The SMILES string of the molecule is CCCn1c(SC(C)C(=O)Nc2ccc(F)cc2F)n[nH]c1=O. The minimum absolute atomic E-state index is 0.100. The lowest BCUT2D eigenvalue weighted by molar-refractivity contribution is -0.115. The molecule has 9 heteroatoms. The van der Waals surface area contributed by atoms with Gasteiger partial charge in [-0.1, -0.05) is 18.7 Å². The molecule has 23 heavy (non-hydrogen) atoms. The van der Waals surface area contributed by atoms with Crippen molar-refractivity contribution in [3.63, 3.8) is 0 Å². The number of anilines is 1. The molecule has 6 nitrogen and oxygen atoms in total. The van der Waals surface area contributed by atoms with Crippen LogP contribution in [0.2, 0.25) is 0 Å². The molecule has 1 unspecified atom stereocenters. The van der Waals surface area contributed by atoms with Crippen molar-refractivity contribution in [2.45, 2.75) is 37.2 Å². The summed E-state index contributed by atoms with van der Waals surface area (Å²) in [6.07, 6.45) is 0.744. The summed E-state index contributed by atoms with van der Waals surface area (Å²) in [5.74, 6) is -2.04. The van der Waals surface area contributed by atoms with E-state index in [-0.39, 0.29) is 11.4 Å². The van der Waals surface area contributed by atoms with Crippen LogP contribution in [0.3, 0.4) is 0 Å². The molecule has 0 saturated heterocycles. The molecule has 0 aliphatic carbocycles. The topological polar surface area (TPSA) is 79.8 Å². The molecule has 0 fully saturated rings. The van der Waals surface area contributed by atoms with E-state index in [1.165, 1.54) is 4.57 Å². The van der Waals surface area contributed by atoms with Crippen LogP contribution in [0.15, 0.2) is 28.2 Å². The number of nitrogens with zero attached hydrogens (tertiary/aromatic N) is 2. The highest BCUT2D eigenvalue weighted by Crippen LogP contribution is 2.22. The van der Waals surface area contributed by atoms with E-state index < -0.39 is 22.8 Å². The summed E-state index contributed by atoms with van der Waals surface area (Å²) in [5, 5.41) is 8.37. The van der Waals surface area contributed by atoms with Crippen LogP contribution in [0, 0.1) is 11.6 Å². The number of carbonyl (C=O) groups is 1. The predicted octanol–water partition coefficient (Wildman–Crippen LogP) is 2.38. The number of amides is 1. The van der Waals surface area contributed by atoms with Crippen LogP contribution >= 0.6 is 11.8 Å². The van der Waals surface area contributed by atoms with Crippen molar-refractivity contribution >= 4 is 23.4 Å². The summed E-state index contributed by atoms with van der Waals surface area (Å²) in [6, 6.07) is 2.91. The van der Waals surface area contributed by atoms with E-state index in [9.17, 15) is 18.4 Å². The lowest BCUT2D eigenvalue weighted by Gasteiger charge is -2.12. The molecular weight excluding hydrogens is 326 g/mol. The van der Waals surface area contributed by atoms with Crippen molar-refractivity contribution in [2.24, 2.45) is 0 Å². The summed E-state index contributed by atoms with van der Waals surface area (Å²) in [4.78, 5) is 23.7. The zero-order chi connectivity index (χ0) is 17.0. The quantitative estimate of drug-likeness (QED) is 0.790. The number of nitrogens with one attached hydrogen (secondary N) is 2. The largest absolute Gasteiger partial charge is 0.343 e. The first-order chi connectivity index (χ1) is 10.9. The van der Waals surface area contributed by atoms with Crippen LogP contribution < -0.4 is 11.0 Å². The van der Waals surface area contributed by atoms with Gasteiger partial charge in [0.1, 0.15) is 11.6 Å². The Morgan fingerprint density at radius 1 is 1.48 bits per heavy atom. The summed E-state index contributed by atoms with van der Waals surface area (Å²) < 4.78 is 27.8. The van der Waals surface area contributed by atoms with E-state index in [2.05, 4.69) is 15.5 Å². The van der Waals surface area contributed by atoms with Crippen molar-refractivity contribution in [1.82, 2.24) is 14.8 Å². The molecule has 0 saturated carbocycles. The van der Waals surface area contributed by atoms with Gasteiger partial charge in [0, 0.05) is 12.6 Å². The highest BCUT2D eigenvalue weighted by atomic mass is 32.2. The summed E-state index contributed by atoms with van der Waals surface area (Å²) in [5.41, 5.74) is -0.441. The van der Waals surface area contributed by atoms with Gasteiger partial charge in [-0.3, -0.25) is 9.36 Å². The van der Waals surface area contributed by atoms with Gasteiger partial charge in [-0.15, -0.1) is 5.10 Å². The van der Waals surface area contributed by atoms with Gasteiger partial charge in [0.15, 0.2) is 5.16 Å². The van der Waals surface area contributed by atoms with Gasteiger partial charge in [0.2, 0.25) is 5.91 Å². The van der Waals surface area contributed by atoms with Gasteiger partial charge in [-0.25, -0.2) is 18.7 Å². The van der Waals surface area contributed by atoms with Crippen molar-refractivity contribution in [3.05, 3.63) is 40.3 Å². The summed E-state index contributed by atoms with van der Waals surface area (Å²) in [7, 11) is 0. The van der Waals surface area contributed by atoms with Gasteiger partial charge in [0.05, 0.1) is 10.9 Å². The van der Waals surface area contributed by atoms with E-state index in [0.717, 1.165) is 30.3 Å². The molecule has 0 bridgehead atoms. The first-order valence-electron chi connectivity index (χ1n) is 7.00. The van der Waals surface area contributed by atoms with Crippen molar-refractivity contribution in [3.8, 4) is 0 Å². The van der Waals surface area contributed by atoms with E-state index >= 15 is 0 Å². The fourth-order valence-corrected chi connectivity index (χ4v) is 2.73. The van der Waals surface area contributed by atoms with E-state index in [4.69, 9.17) is 0 Å². The molecule has 0 radical (unpaired) electrons. The van der Waals surface area contributed by atoms with Gasteiger partial charge >= 0.3 is 5.69 Å². The van der Waals surface area contributed by atoms with Crippen LogP contribution in [-0.4, -0.2) is 25.9 Å². The first kappa shape index (κ1) is 17.2. The van der Waals surface area contributed by atoms with Crippen molar-refractivity contribution in [1.29, 1.82) is 0 Å². The Labute approximate surface area is 135 Å². The molecule has 2 rings (SSSR count). The zero-order valence-corrected chi connectivity index (χ0v) is 13.4. The highest BCUT2D eigenvalue weighted by molar-refractivity contribution is 8.00. The second-order valence-electron chi connectivity index (χ2n) is 4.84. The van der Waals surface area contributed by atoms with Crippen molar-refractivity contribution < 1.29 is 13.6 Å². The molecule has 2 N–H and O–H groups in total. The van der Waals surface area contributed by atoms with Crippen LogP contribution in [0.5, 0.6) is 0 Å². The third-order valence-corrected chi connectivity index (χ3v) is 4.10. The molecule has 124 valence electrons. The van der Waals surface area contributed by atoms with Crippen LogP contribution in [0.4, 0.5) is 14.5 Å². The number of thioether (sulfide) groups is 1. The number of benzene rings is 1. The minimum atomic E-state index is -0.849. The van der Waals surface area contributed by atoms with E-state index in [1.54, 1.807) is 6.92 Å². The Bertz CT molecular complexity index is 759. The molecular formula is C14H16F2N4O2S. The number of aromatic nitrogens is 3. The fourth-order valence-electron chi connectivity index (χ4n) is 1.85. The summed E-state index contributed by atoms with van der Waals surface area (Å²) >= 11 is 1.08. The maximum Gasteiger partial charge on any atom is 0.343 e. The van der Waals surface area contributed by atoms with Crippen LogP contribution in [0.25, 0.3) is 0 Å². The Hall–Kier alpha value is -2.16. The lowest BCUT2D eigenvalue weighted by Crippen LogP contribution is -2.24. The molecule has 2 aromatic rings. The molecule has 0 aliphatic heterocycles. The molecule has 1 heterocycles. The number of rotatable bonds is 6. The number of halogens is 2. The van der Waals surface area contributed by atoms with E-state index in [1.807, 2.05) is 6.92 Å². The van der Waals surface area contributed by atoms with Crippen LogP contribution in [-0.2, 0) is 11.3 Å². The smallest absolute Gasteiger partial charge is 0.323 e. The third-order valence-electron chi connectivity index (χ3n) is 3.01. The molecule has 0 spiro atoms. The monoisotopic (exact) mass is 342 g/mol. The predicted molar refractivity (Wildman–Crippen MR) is 83.4 cm³/mol. The number of hydrogen-bond acceptors (Lipinski definition) is 4. The standard InChI is InChI=1S/C14H16F2N4O2S/c1-3-6-20-13(22)18-19-14(20)23-8(2)12(21)17-11-5-4-9(15)7-10(11)16/h4-5,7-8H,3,6H2,1-2H3,(H,17,21)(H,18,22). The second-order valence-corrected chi connectivity index (χ2v) is 6.14. The Balaban J connectivity index is 2.07. The second kappa shape index (κ2) is 7.40. The summed E-state index contributed by atoms with van der Waals surface area (Å²) in [6.45, 7) is 4.01. The Morgan fingerprint density at radius 2 is 2.22 bits per heavy atom. The number of carbonyl (C=O) groups excluding carboxylic acids is 1. The van der Waals surface area contributed by atoms with E-state index in [0.29, 0.717) is 17.8 Å². The molecule has 1 atom stereocenters. The first-order valence-corrected chi connectivity index (χ1v) is 7.88. The molecule has 0 aliphatic rings. The molecule has 1 amide bonds. The molecule has 1 aromatic carbocycles. The van der Waals surface area contributed by atoms with Gasteiger partial charge < -0.3 is 5.32 Å². The average molecular weight is 342 g/mol. The van der Waals surface area contributed by atoms with Crippen LogP contribution in [0.1, 0.15) is 20.3 Å². The Morgan fingerprint density at radius 3 is 2.87 bits per heavy atom. The average Bonchev–Trinajstić information content (AvgIpc) is 2.83. The van der Waals surface area contributed by atoms with Gasteiger partial charge in [-0.2, -0.15) is 0 Å². The molecule has 1 aromatic heterocycles. The Kier molecular flexibility index (Phi) is 5.54. The normalized spacial score (nSPS) is 12.2.